The molecule has 0 aliphatic carbocycles. The van der Waals surface area contributed by atoms with Gasteiger partial charge in [-0.05, 0) is 30.2 Å². The van der Waals surface area contributed by atoms with Crippen molar-refractivity contribution in [2.24, 2.45) is 5.73 Å². The van der Waals surface area contributed by atoms with Gasteiger partial charge in [-0.3, -0.25) is 15.1 Å². The maximum Gasteiger partial charge on any atom is 0.311 e. The number of nitro groups is 1. The van der Waals surface area contributed by atoms with Gasteiger partial charge < -0.3 is 10.5 Å². The number of aryl methyl sites for hydroxylation is 1. The molecule has 0 amide bonds. The molecule has 0 unspecified atom stereocenters. The van der Waals surface area contributed by atoms with E-state index in [1.54, 1.807) is 18.3 Å². The fourth-order valence-corrected chi connectivity index (χ4v) is 1.77. The van der Waals surface area contributed by atoms with Gasteiger partial charge in [-0.2, -0.15) is 0 Å². The van der Waals surface area contributed by atoms with Gasteiger partial charge in [-0.1, -0.05) is 12.1 Å². The second-order valence-electron chi connectivity index (χ2n) is 4.32. The van der Waals surface area contributed by atoms with E-state index in [0.29, 0.717) is 5.56 Å². The normalized spacial score (nSPS) is 10.3. The van der Waals surface area contributed by atoms with E-state index in [1.807, 2.05) is 19.1 Å². The van der Waals surface area contributed by atoms with Crippen LogP contribution in [0, 0.1) is 17.0 Å². The number of rotatable bonds is 5. The second kappa shape index (κ2) is 6.12. The molecule has 0 spiro atoms. The van der Waals surface area contributed by atoms with Crippen molar-refractivity contribution in [3.8, 4) is 5.75 Å². The zero-order valence-corrected chi connectivity index (χ0v) is 11.1. The third kappa shape index (κ3) is 3.10. The van der Waals surface area contributed by atoms with Gasteiger partial charge in [-0.15, -0.1) is 0 Å². The molecule has 2 N–H and O–H groups in total. The Morgan fingerprint density at radius 2 is 2.20 bits per heavy atom. The molecule has 0 bridgehead atoms. The van der Waals surface area contributed by atoms with Crippen LogP contribution in [0.3, 0.4) is 0 Å². The minimum atomic E-state index is -0.472. The molecular weight excluding hydrogens is 258 g/mol. The fourth-order valence-electron chi connectivity index (χ4n) is 1.77. The molecule has 0 saturated heterocycles. The maximum absolute atomic E-state index is 11.0. The first kappa shape index (κ1) is 14.0. The molecule has 2 rings (SSSR count). The Balaban J connectivity index is 2.21. The van der Waals surface area contributed by atoms with Crippen LogP contribution >= 0.6 is 0 Å². The first-order chi connectivity index (χ1) is 9.61. The highest BCUT2D eigenvalue weighted by Crippen LogP contribution is 2.28. The first-order valence-electron chi connectivity index (χ1n) is 6.12. The van der Waals surface area contributed by atoms with Gasteiger partial charge in [-0.25, -0.2) is 0 Å². The van der Waals surface area contributed by atoms with Crippen molar-refractivity contribution >= 4 is 5.69 Å². The Hall–Kier alpha value is -2.47. The molecule has 6 nitrogen and oxygen atoms in total. The van der Waals surface area contributed by atoms with Crippen LogP contribution in [0.25, 0.3) is 0 Å². The van der Waals surface area contributed by atoms with Crippen molar-refractivity contribution in [3.63, 3.8) is 0 Å². The number of nitro benzene ring substituents is 1. The molecule has 0 atom stereocenters. The van der Waals surface area contributed by atoms with Crippen LogP contribution in [-0.2, 0) is 13.2 Å². The van der Waals surface area contributed by atoms with E-state index < -0.39 is 4.92 Å². The largest absolute Gasteiger partial charge is 0.480 e. The summed E-state index contributed by atoms with van der Waals surface area (Å²) >= 11 is 0. The quantitative estimate of drug-likeness (QED) is 0.666. The SMILES string of the molecule is Cc1cccnc1COc1ccc(CN)cc1[N+](=O)[O-]. The third-order valence-corrected chi connectivity index (χ3v) is 2.94. The van der Waals surface area contributed by atoms with E-state index in [0.717, 1.165) is 11.3 Å². The Labute approximate surface area is 116 Å². The lowest BCUT2D eigenvalue weighted by Gasteiger charge is -2.09. The number of pyridine rings is 1. The summed E-state index contributed by atoms with van der Waals surface area (Å²) in [6.07, 6.45) is 1.66. The number of benzene rings is 1. The Morgan fingerprint density at radius 3 is 2.85 bits per heavy atom. The lowest BCUT2D eigenvalue weighted by molar-refractivity contribution is -0.386. The van der Waals surface area contributed by atoms with Crippen molar-refractivity contribution in [2.75, 3.05) is 0 Å². The van der Waals surface area contributed by atoms with Gasteiger partial charge in [0.15, 0.2) is 5.75 Å². The Bertz CT molecular complexity index is 629. The molecule has 0 aliphatic heterocycles. The highest BCUT2D eigenvalue weighted by atomic mass is 16.6. The second-order valence-corrected chi connectivity index (χ2v) is 4.32. The molecular formula is C14H15N3O3. The molecule has 0 saturated carbocycles. The average molecular weight is 273 g/mol. The summed E-state index contributed by atoms with van der Waals surface area (Å²) in [4.78, 5) is 14.8. The van der Waals surface area contributed by atoms with E-state index >= 15 is 0 Å². The van der Waals surface area contributed by atoms with Crippen molar-refractivity contribution in [1.29, 1.82) is 0 Å². The molecule has 20 heavy (non-hydrogen) atoms. The molecule has 1 aromatic carbocycles. The van der Waals surface area contributed by atoms with Crippen LogP contribution in [0.5, 0.6) is 5.75 Å². The van der Waals surface area contributed by atoms with E-state index in [9.17, 15) is 10.1 Å². The van der Waals surface area contributed by atoms with Gasteiger partial charge in [0.1, 0.15) is 6.61 Å². The smallest absolute Gasteiger partial charge is 0.311 e. The van der Waals surface area contributed by atoms with E-state index in [2.05, 4.69) is 4.98 Å². The summed E-state index contributed by atoms with van der Waals surface area (Å²) in [5.74, 6) is 0.220. The van der Waals surface area contributed by atoms with Gasteiger partial charge in [0, 0.05) is 18.8 Å². The first-order valence-corrected chi connectivity index (χ1v) is 6.12. The Morgan fingerprint density at radius 1 is 1.40 bits per heavy atom. The average Bonchev–Trinajstić information content (AvgIpc) is 2.46. The summed E-state index contributed by atoms with van der Waals surface area (Å²) in [6.45, 7) is 2.35. The highest BCUT2D eigenvalue weighted by molar-refractivity contribution is 5.48. The molecule has 1 heterocycles. The highest BCUT2D eigenvalue weighted by Gasteiger charge is 2.16. The summed E-state index contributed by atoms with van der Waals surface area (Å²) in [6, 6.07) is 8.46. The van der Waals surface area contributed by atoms with Crippen LogP contribution in [0.1, 0.15) is 16.8 Å². The van der Waals surface area contributed by atoms with Gasteiger partial charge in [0.05, 0.1) is 10.6 Å². The molecule has 0 aliphatic rings. The summed E-state index contributed by atoms with van der Waals surface area (Å²) in [5, 5.41) is 11.0. The maximum atomic E-state index is 11.0. The molecule has 1 aromatic heterocycles. The predicted molar refractivity (Wildman–Crippen MR) is 74.3 cm³/mol. The van der Waals surface area contributed by atoms with Crippen LogP contribution < -0.4 is 10.5 Å². The molecule has 104 valence electrons. The van der Waals surface area contributed by atoms with Gasteiger partial charge in [0.25, 0.3) is 0 Å². The van der Waals surface area contributed by atoms with Crippen molar-refractivity contribution < 1.29 is 9.66 Å². The lowest BCUT2D eigenvalue weighted by Crippen LogP contribution is -2.04. The minimum Gasteiger partial charge on any atom is -0.480 e. The van der Waals surface area contributed by atoms with E-state index in [-0.39, 0.29) is 24.6 Å². The van der Waals surface area contributed by atoms with Crippen LogP contribution in [0.15, 0.2) is 36.5 Å². The number of aromatic nitrogens is 1. The summed E-state index contributed by atoms with van der Waals surface area (Å²) in [5.41, 5.74) is 7.83. The zero-order chi connectivity index (χ0) is 14.5. The topological polar surface area (TPSA) is 91.3 Å². The van der Waals surface area contributed by atoms with Gasteiger partial charge >= 0.3 is 5.69 Å². The fraction of sp³-hybridized carbons (Fsp3) is 0.214. The molecule has 0 radical (unpaired) electrons. The van der Waals surface area contributed by atoms with Crippen LogP contribution in [-0.4, -0.2) is 9.91 Å². The third-order valence-electron chi connectivity index (χ3n) is 2.94. The lowest BCUT2D eigenvalue weighted by atomic mass is 10.2. The summed E-state index contributed by atoms with van der Waals surface area (Å²) < 4.78 is 5.52. The zero-order valence-electron chi connectivity index (χ0n) is 11.1. The number of hydrogen-bond donors (Lipinski definition) is 1. The van der Waals surface area contributed by atoms with E-state index in [4.69, 9.17) is 10.5 Å². The molecule has 6 heteroatoms. The minimum absolute atomic E-state index is 0.0819. The summed E-state index contributed by atoms with van der Waals surface area (Å²) in [7, 11) is 0. The monoisotopic (exact) mass is 273 g/mol. The van der Waals surface area contributed by atoms with Gasteiger partial charge in [0.2, 0.25) is 0 Å². The predicted octanol–water partition coefficient (Wildman–Crippen LogP) is 2.34. The van der Waals surface area contributed by atoms with Crippen molar-refractivity contribution in [3.05, 3.63) is 63.5 Å². The van der Waals surface area contributed by atoms with Crippen LogP contribution in [0.2, 0.25) is 0 Å². The number of ether oxygens (including phenoxy) is 1. The number of nitrogens with two attached hydrogens (primary N) is 1. The van der Waals surface area contributed by atoms with Crippen molar-refractivity contribution in [2.45, 2.75) is 20.1 Å². The number of hydrogen-bond acceptors (Lipinski definition) is 5. The molecule has 0 fully saturated rings. The van der Waals surface area contributed by atoms with Crippen LogP contribution in [0.4, 0.5) is 5.69 Å². The van der Waals surface area contributed by atoms with Crippen molar-refractivity contribution in [1.82, 2.24) is 4.98 Å². The van der Waals surface area contributed by atoms with E-state index in [1.165, 1.54) is 6.07 Å². The molecule has 2 aromatic rings. The standard InChI is InChI=1S/C14H15N3O3/c1-10-3-2-6-16-12(10)9-20-14-5-4-11(8-15)7-13(14)17(18)19/h2-7H,8-9,15H2,1H3. The Kier molecular flexibility index (Phi) is 4.27. The number of nitrogens with zero attached hydrogens (tertiary/aromatic N) is 2.